The van der Waals surface area contributed by atoms with Gasteiger partial charge in [0.25, 0.3) is 5.91 Å². The summed E-state index contributed by atoms with van der Waals surface area (Å²) in [6.45, 7) is 3.23. The minimum Gasteiger partial charge on any atom is -0.391 e. The molecular formula is C19H24N2O2. The van der Waals surface area contributed by atoms with Crippen LogP contribution in [0.3, 0.4) is 0 Å². The molecule has 1 fully saturated rings. The quantitative estimate of drug-likeness (QED) is 0.946. The third-order valence-electron chi connectivity index (χ3n) is 4.91. The van der Waals surface area contributed by atoms with Crippen molar-refractivity contribution in [3.8, 4) is 0 Å². The van der Waals surface area contributed by atoms with Gasteiger partial charge in [-0.3, -0.25) is 4.79 Å². The molecule has 0 spiro atoms. The maximum absolute atomic E-state index is 12.5. The van der Waals surface area contributed by atoms with Crippen LogP contribution < -0.4 is 0 Å². The van der Waals surface area contributed by atoms with Gasteiger partial charge in [0.1, 0.15) is 5.69 Å². The summed E-state index contributed by atoms with van der Waals surface area (Å²) in [7, 11) is 1.87. The second-order valence-corrected chi connectivity index (χ2v) is 6.50. The summed E-state index contributed by atoms with van der Waals surface area (Å²) in [6.07, 6.45) is 3.12. The van der Waals surface area contributed by atoms with E-state index in [9.17, 15) is 9.90 Å². The van der Waals surface area contributed by atoms with Gasteiger partial charge < -0.3 is 14.6 Å². The van der Waals surface area contributed by atoms with Crippen LogP contribution in [0.5, 0.6) is 0 Å². The number of β-amino-alcohol motifs (C(OH)–C–C–N with tert-alkyl or cyclic N) is 1. The van der Waals surface area contributed by atoms with Crippen molar-refractivity contribution in [2.45, 2.75) is 25.9 Å². The molecule has 0 aliphatic carbocycles. The molecule has 122 valence electrons. The Morgan fingerprint density at radius 2 is 2.04 bits per heavy atom. The number of hydrogen-bond donors (Lipinski definition) is 1. The van der Waals surface area contributed by atoms with Crippen molar-refractivity contribution in [2.75, 3.05) is 13.1 Å². The van der Waals surface area contributed by atoms with Gasteiger partial charge in [-0.1, -0.05) is 24.3 Å². The lowest BCUT2D eigenvalue weighted by atomic mass is 9.86. The van der Waals surface area contributed by atoms with Gasteiger partial charge in [-0.2, -0.15) is 0 Å². The molecule has 2 aromatic rings. The molecule has 4 heteroatoms. The van der Waals surface area contributed by atoms with Crippen LogP contribution in [0.2, 0.25) is 0 Å². The summed E-state index contributed by atoms with van der Waals surface area (Å²) < 4.78 is 1.83. The van der Waals surface area contributed by atoms with Gasteiger partial charge in [0, 0.05) is 26.3 Å². The van der Waals surface area contributed by atoms with E-state index in [0.717, 1.165) is 12.8 Å². The maximum Gasteiger partial charge on any atom is 0.270 e. The van der Waals surface area contributed by atoms with Crippen LogP contribution in [0.4, 0.5) is 0 Å². The molecule has 2 atom stereocenters. The van der Waals surface area contributed by atoms with Crippen LogP contribution in [0.1, 0.15) is 28.0 Å². The number of aromatic nitrogens is 1. The molecular weight excluding hydrogens is 288 g/mol. The highest BCUT2D eigenvalue weighted by Crippen LogP contribution is 2.24. The summed E-state index contributed by atoms with van der Waals surface area (Å²) in [5, 5.41) is 10.5. The van der Waals surface area contributed by atoms with E-state index in [1.54, 1.807) is 4.90 Å². The predicted molar refractivity (Wildman–Crippen MR) is 90.3 cm³/mol. The van der Waals surface area contributed by atoms with Gasteiger partial charge in [-0.25, -0.2) is 0 Å². The van der Waals surface area contributed by atoms with Gasteiger partial charge in [0.05, 0.1) is 6.10 Å². The molecule has 0 radical (unpaired) electrons. The molecule has 1 saturated heterocycles. The highest BCUT2D eigenvalue weighted by molar-refractivity contribution is 5.92. The second-order valence-electron chi connectivity index (χ2n) is 6.50. The lowest BCUT2D eigenvalue weighted by molar-refractivity contribution is 0.0192. The molecule has 0 bridgehead atoms. The van der Waals surface area contributed by atoms with E-state index < -0.39 is 6.10 Å². The van der Waals surface area contributed by atoms with E-state index in [2.05, 4.69) is 19.1 Å². The SMILES string of the molecule is Cc1ccccc1C[C@H]1CCN(C(=O)c2cccn2C)C[C@@H]1O. The molecule has 2 heterocycles. The molecule has 1 aromatic carbocycles. The largest absolute Gasteiger partial charge is 0.391 e. The number of piperidine rings is 1. The first kappa shape index (κ1) is 15.8. The summed E-state index contributed by atoms with van der Waals surface area (Å²) >= 11 is 0. The van der Waals surface area contributed by atoms with Crippen LogP contribution in [0, 0.1) is 12.8 Å². The number of rotatable bonds is 3. The van der Waals surface area contributed by atoms with Crippen LogP contribution >= 0.6 is 0 Å². The second kappa shape index (κ2) is 6.59. The minimum absolute atomic E-state index is 0.00546. The Morgan fingerprint density at radius 3 is 2.70 bits per heavy atom. The van der Waals surface area contributed by atoms with Crippen molar-refractivity contribution in [3.05, 3.63) is 59.4 Å². The zero-order chi connectivity index (χ0) is 16.4. The van der Waals surface area contributed by atoms with Crippen LogP contribution in [-0.4, -0.2) is 39.7 Å². The molecule has 4 nitrogen and oxygen atoms in total. The fourth-order valence-electron chi connectivity index (χ4n) is 3.37. The van der Waals surface area contributed by atoms with Crippen molar-refractivity contribution in [2.24, 2.45) is 13.0 Å². The Bertz CT molecular complexity index is 692. The third kappa shape index (κ3) is 3.32. The first-order valence-electron chi connectivity index (χ1n) is 8.19. The number of aliphatic hydroxyl groups is 1. The molecule has 0 saturated carbocycles. The van der Waals surface area contributed by atoms with Crippen molar-refractivity contribution in [1.29, 1.82) is 0 Å². The Morgan fingerprint density at radius 1 is 1.26 bits per heavy atom. The topological polar surface area (TPSA) is 45.5 Å². The third-order valence-corrected chi connectivity index (χ3v) is 4.91. The van der Waals surface area contributed by atoms with E-state index in [1.165, 1.54) is 11.1 Å². The summed E-state index contributed by atoms with van der Waals surface area (Å²) in [5.74, 6) is 0.222. The normalized spacial score (nSPS) is 21.4. The Hall–Kier alpha value is -2.07. The van der Waals surface area contributed by atoms with E-state index in [4.69, 9.17) is 0 Å². The van der Waals surface area contributed by atoms with Gasteiger partial charge in [-0.15, -0.1) is 0 Å². The number of carbonyl (C=O) groups is 1. The van der Waals surface area contributed by atoms with Crippen LogP contribution in [0.25, 0.3) is 0 Å². The number of aryl methyl sites for hydroxylation is 2. The fraction of sp³-hybridized carbons (Fsp3) is 0.421. The lowest BCUT2D eigenvalue weighted by Crippen LogP contribution is -2.47. The van der Waals surface area contributed by atoms with Crippen LogP contribution in [-0.2, 0) is 13.5 Å². The number of hydrogen-bond acceptors (Lipinski definition) is 2. The van der Waals surface area contributed by atoms with Crippen molar-refractivity contribution in [1.82, 2.24) is 9.47 Å². The number of nitrogens with zero attached hydrogens (tertiary/aromatic N) is 2. The Labute approximate surface area is 137 Å². The van der Waals surface area contributed by atoms with E-state index in [-0.39, 0.29) is 11.8 Å². The Kier molecular flexibility index (Phi) is 4.53. The monoisotopic (exact) mass is 312 g/mol. The first-order valence-corrected chi connectivity index (χ1v) is 8.19. The summed E-state index contributed by atoms with van der Waals surface area (Å²) in [5.41, 5.74) is 3.23. The van der Waals surface area contributed by atoms with E-state index in [0.29, 0.717) is 18.8 Å². The number of benzene rings is 1. The zero-order valence-corrected chi connectivity index (χ0v) is 13.8. The molecule has 1 N–H and O–H groups in total. The summed E-state index contributed by atoms with van der Waals surface area (Å²) in [6, 6.07) is 12.0. The van der Waals surface area contributed by atoms with Crippen molar-refractivity contribution in [3.63, 3.8) is 0 Å². The molecule has 1 aliphatic rings. The molecule has 23 heavy (non-hydrogen) atoms. The molecule has 0 unspecified atom stereocenters. The van der Waals surface area contributed by atoms with Gasteiger partial charge >= 0.3 is 0 Å². The van der Waals surface area contributed by atoms with Gasteiger partial charge in [-0.05, 0) is 48.9 Å². The standard InChI is InChI=1S/C19H24N2O2/c1-14-6-3-4-7-15(14)12-16-9-11-21(13-18(16)22)19(23)17-8-5-10-20(17)2/h3-8,10,16,18,22H,9,11-13H2,1-2H3/t16-,18+/m1/s1. The number of aliphatic hydroxyl groups excluding tert-OH is 1. The van der Waals surface area contributed by atoms with Gasteiger partial charge in [0.2, 0.25) is 0 Å². The van der Waals surface area contributed by atoms with Crippen LogP contribution in [0.15, 0.2) is 42.6 Å². The fourth-order valence-corrected chi connectivity index (χ4v) is 3.37. The average molecular weight is 312 g/mol. The highest BCUT2D eigenvalue weighted by atomic mass is 16.3. The van der Waals surface area contributed by atoms with E-state index in [1.807, 2.05) is 42.1 Å². The summed E-state index contributed by atoms with van der Waals surface area (Å²) in [4.78, 5) is 14.3. The predicted octanol–water partition coefficient (Wildman–Crippen LogP) is 2.40. The molecule has 1 amide bonds. The Balaban J connectivity index is 1.65. The number of amides is 1. The maximum atomic E-state index is 12.5. The average Bonchev–Trinajstić information content (AvgIpc) is 2.96. The molecule has 3 rings (SSSR count). The lowest BCUT2D eigenvalue weighted by Gasteiger charge is -2.36. The smallest absolute Gasteiger partial charge is 0.270 e. The van der Waals surface area contributed by atoms with Gasteiger partial charge in [0.15, 0.2) is 0 Å². The first-order chi connectivity index (χ1) is 11.1. The van der Waals surface area contributed by atoms with Crippen molar-refractivity contribution < 1.29 is 9.90 Å². The van der Waals surface area contributed by atoms with E-state index >= 15 is 0 Å². The minimum atomic E-state index is -0.465. The number of carbonyl (C=O) groups excluding carboxylic acids is 1. The highest BCUT2D eigenvalue weighted by Gasteiger charge is 2.31. The zero-order valence-electron chi connectivity index (χ0n) is 13.8. The molecule has 1 aromatic heterocycles. The van der Waals surface area contributed by atoms with Crippen molar-refractivity contribution >= 4 is 5.91 Å². The molecule has 1 aliphatic heterocycles. The number of likely N-dealkylation sites (tertiary alicyclic amines) is 1.